The van der Waals surface area contributed by atoms with Gasteiger partial charge in [0.05, 0.1) is 11.6 Å². The highest BCUT2D eigenvalue weighted by molar-refractivity contribution is 6.32. The molecule has 0 unspecified atom stereocenters. The Labute approximate surface area is 137 Å². The van der Waals surface area contributed by atoms with Crippen molar-refractivity contribution in [2.75, 3.05) is 19.7 Å². The number of halogens is 1. The number of benzene rings is 2. The Hall–Kier alpha value is -1.51. The molecule has 22 heavy (non-hydrogen) atoms. The summed E-state index contributed by atoms with van der Waals surface area (Å²) in [7, 11) is 0. The number of hydrogen-bond donors (Lipinski definition) is 1. The zero-order valence-corrected chi connectivity index (χ0v) is 13.5. The predicted molar refractivity (Wildman–Crippen MR) is 92.6 cm³/mol. The minimum atomic E-state index is 0.683. The summed E-state index contributed by atoms with van der Waals surface area (Å²) in [6, 6.07) is 16.3. The van der Waals surface area contributed by atoms with Crippen LogP contribution in [0.2, 0.25) is 5.02 Å². The van der Waals surface area contributed by atoms with Gasteiger partial charge in [-0.25, -0.2) is 0 Å². The minimum Gasteiger partial charge on any atom is -0.492 e. The smallest absolute Gasteiger partial charge is 0.137 e. The van der Waals surface area contributed by atoms with Crippen LogP contribution < -0.4 is 10.1 Å². The molecule has 0 aromatic heterocycles. The SMILES string of the molecule is Clc1cc(-c2ccccc2)ccc1OCC[C@@H]1CCCNC1. The van der Waals surface area contributed by atoms with E-state index in [4.69, 9.17) is 16.3 Å². The van der Waals surface area contributed by atoms with E-state index in [1.807, 2.05) is 30.3 Å². The van der Waals surface area contributed by atoms with Gasteiger partial charge >= 0.3 is 0 Å². The van der Waals surface area contributed by atoms with Crippen LogP contribution in [0.3, 0.4) is 0 Å². The van der Waals surface area contributed by atoms with Crippen molar-refractivity contribution in [1.29, 1.82) is 0 Å². The molecule has 0 aliphatic carbocycles. The van der Waals surface area contributed by atoms with Crippen LogP contribution in [0.25, 0.3) is 11.1 Å². The van der Waals surface area contributed by atoms with E-state index in [9.17, 15) is 0 Å². The molecule has 0 radical (unpaired) electrons. The molecule has 1 aliphatic heterocycles. The zero-order chi connectivity index (χ0) is 15.2. The molecule has 1 saturated heterocycles. The van der Waals surface area contributed by atoms with Crippen LogP contribution in [-0.4, -0.2) is 19.7 Å². The topological polar surface area (TPSA) is 21.3 Å². The van der Waals surface area contributed by atoms with Crippen LogP contribution in [0.5, 0.6) is 5.75 Å². The lowest BCUT2D eigenvalue weighted by molar-refractivity contribution is 0.254. The molecule has 1 aliphatic rings. The lowest BCUT2D eigenvalue weighted by Crippen LogP contribution is -2.30. The minimum absolute atomic E-state index is 0.683. The van der Waals surface area contributed by atoms with Crippen molar-refractivity contribution >= 4 is 11.6 Å². The number of hydrogen-bond acceptors (Lipinski definition) is 2. The van der Waals surface area contributed by atoms with E-state index in [1.165, 1.54) is 18.4 Å². The third kappa shape index (κ3) is 4.02. The Bertz CT molecular complexity index is 594. The molecule has 0 spiro atoms. The van der Waals surface area contributed by atoms with E-state index in [2.05, 4.69) is 23.5 Å². The first-order chi connectivity index (χ1) is 10.8. The molecule has 2 aromatic carbocycles. The second-order valence-corrected chi connectivity index (χ2v) is 6.27. The fourth-order valence-corrected chi connectivity index (χ4v) is 3.17. The van der Waals surface area contributed by atoms with Crippen molar-refractivity contribution in [2.24, 2.45) is 5.92 Å². The van der Waals surface area contributed by atoms with Crippen molar-refractivity contribution in [2.45, 2.75) is 19.3 Å². The first kappa shape index (κ1) is 15.4. The zero-order valence-electron chi connectivity index (χ0n) is 12.7. The van der Waals surface area contributed by atoms with E-state index in [0.717, 1.165) is 43.3 Å². The molecule has 1 N–H and O–H groups in total. The van der Waals surface area contributed by atoms with Crippen LogP contribution in [0.15, 0.2) is 48.5 Å². The largest absolute Gasteiger partial charge is 0.492 e. The fraction of sp³-hybridized carbons (Fsp3) is 0.368. The molecule has 116 valence electrons. The Morgan fingerprint density at radius 2 is 1.95 bits per heavy atom. The van der Waals surface area contributed by atoms with Crippen molar-refractivity contribution in [3.8, 4) is 16.9 Å². The summed E-state index contributed by atoms with van der Waals surface area (Å²) in [6.45, 7) is 3.00. The molecule has 0 saturated carbocycles. The molecule has 2 aromatic rings. The van der Waals surface area contributed by atoms with E-state index in [0.29, 0.717) is 5.02 Å². The lowest BCUT2D eigenvalue weighted by atomic mass is 9.97. The molecule has 1 atom stereocenters. The molecule has 2 nitrogen and oxygen atoms in total. The van der Waals surface area contributed by atoms with Crippen molar-refractivity contribution in [3.63, 3.8) is 0 Å². The van der Waals surface area contributed by atoms with E-state index < -0.39 is 0 Å². The molecular weight excluding hydrogens is 294 g/mol. The Morgan fingerprint density at radius 3 is 2.68 bits per heavy atom. The first-order valence-electron chi connectivity index (χ1n) is 8.01. The number of rotatable bonds is 5. The molecule has 0 amide bonds. The Morgan fingerprint density at radius 1 is 1.09 bits per heavy atom. The van der Waals surface area contributed by atoms with Crippen molar-refractivity contribution < 1.29 is 4.74 Å². The van der Waals surface area contributed by atoms with Crippen LogP contribution in [-0.2, 0) is 0 Å². The van der Waals surface area contributed by atoms with E-state index in [-0.39, 0.29) is 0 Å². The van der Waals surface area contributed by atoms with Gasteiger partial charge in [0, 0.05) is 0 Å². The van der Waals surface area contributed by atoms with Crippen LogP contribution >= 0.6 is 11.6 Å². The van der Waals surface area contributed by atoms with Gasteiger partial charge in [-0.1, -0.05) is 48.0 Å². The van der Waals surface area contributed by atoms with Gasteiger partial charge in [0.1, 0.15) is 5.75 Å². The van der Waals surface area contributed by atoms with E-state index >= 15 is 0 Å². The summed E-state index contributed by atoms with van der Waals surface area (Å²) in [5.41, 5.74) is 2.29. The summed E-state index contributed by atoms with van der Waals surface area (Å²) < 4.78 is 5.87. The maximum Gasteiger partial charge on any atom is 0.137 e. The van der Waals surface area contributed by atoms with Gasteiger partial charge in [0.2, 0.25) is 0 Å². The van der Waals surface area contributed by atoms with Gasteiger partial charge in [0.25, 0.3) is 0 Å². The number of piperidine rings is 1. The highest BCUT2D eigenvalue weighted by Crippen LogP contribution is 2.30. The van der Waals surface area contributed by atoms with Gasteiger partial charge in [-0.15, -0.1) is 0 Å². The fourth-order valence-electron chi connectivity index (χ4n) is 2.93. The number of nitrogens with one attached hydrogen (secondary N) is 1. The van der Waals surface area contributed by atoms with Crippen LogP contribution in [0.4, 0.5) is 0 Å². The molecule has 1 fully saturated rings. The monoisotopic (exact) mass is 315 g/mol. The third-order valence-corrected chi connectivity index (χ3v) is 4.52. The molecule has 0 bridgehead atoms. The summed E-state index contributed by atoms with van der Waals surface area (Å²) >= 11 is 6.36. The van der Waals surface area contributed by atoms with Crippen molar-refractivity contribution in [1.82, 2.24) is 5.32 Å². The third-order valence-electron chi connectivity index (χ3n) is 4.22. The quantitative estimate of drug-likeness (QED) is 0.857. The second kappa shape index (κ2) is 7.66. The lowest BCUT2D eigenvalue weighted by Gasteiger charge is -2.22. The first-order valence-corrected chi connectivity index (χ1v) is 8.39. The molecule has 1 heterocycles. The van der Waals surface area contributed by atoms with Crippen molar-refractivity contribution in [3.05, 3.63) is 53.6 Å². The van der Waals surface area contributed by atoms with Crippen LogP contribution in [0, 0.1) is 5.92 Å². The number of ether oxygens (including phenoxy) is 1. The van der Waals surface area contributed by atoms with Gasteiger partial charge in [-0.05, 0) is 61.5 Å². The Balaban J connectivity index is 1.58. The normalized spacial score (nSPS) is 18.1. The highest BCUT2D eigenvalue weighted by atomic mass is 35.5. The maximum atomic E-state index is 6.36. The summed E-state index contributed by atoms with van der Waals surface area (Å²) in [5, 5.41) is 4.12. The van der Waals surface area contributed by atoms with Crippen LogP contribution in [0.1, 0.15) is 19.3 Å². The predicted octanol–water partition coefficient (Wildman–Crippen LogP) is 4.78. The summed E-state index contributed by atoms with van der Waals surface area (Å²) in [5.74, 6) is 1.52. The van der Waals surface area contributed by atoms with Gasteiger partial charge in [-0.2, -0.15) is 0 Å². The summed E-state index contributed by atoms with van der Waals surface area (Å²) in [6.07, 6.45) is 3.66. The van der Waals surface area contributed by atoms with Gasteiger partial charge in [-0.3, -0.25) is 0 Å². The molecular formula is C19H22ClNO. The highest BCUT2D eigenvalue weighted by Gasteiger charge is 2.13. The summed E-state index contributed by atoms with van der Waals surface area (Å²) in [4.78, 5) is 0. The molecule has 3 rings (SSSR count). The maximum absolute atomic E-state index is 6.36. The van der Waals surface area contributed by atoms with Gasteiger partial charge in [0.15, 0.2) is 0 Å². The second-order valence-electron chi connectivity index (χ2n) is 5.86. The Kier molecular flexibility index (Phi) is 5.36. The van der Waals surface area contributed by atoms with Gasteiger partial charge < -0.3 is 10.1 Å². The van der Waals surface area contributed by atoms with E-state index in [1.54, 1.807) is 0 Å². The standard InChI is InChI=1S/C19H22ClNO/c20-18-13-17(16-6-2-1-3-7-16)8-9-19(18)22-12-10-15-5-4-11-21-14-15/h1-3,6-9,13,15,21H,4-5,10-12,14H2/t15-/m0/s1. The average Bonchev–Trinajstić information content (AvgIpc) is 2.58. The average molecular weight is 316 g/mol. The molecule has 3 heteroatoms.